The Hall–Kier alpha value is -1.91. The number of nitrogens with one attached hydrogen (secondary N) is 1. The second-order valence-corrected chi connectivity index (χ2v) is 7.31. The maximum atomic E-state index is 12.6. The predicted molar refractivity (Wildman–Crippen MR) is 104 cm³/mol. The van der Waals surface area contributed by atoms with E-state index in [-0.39, 0.29) is 29.1 Å². The largest absolute Gasteiger partial charge is 0.482 e. The van der Waals surface area contributed by atoms with Crippen LogP contribution in [0.3, 0.4) is 0 Å². The van der Waals surface area contributed by atoms with Crippen molar-refractivity contribution in [2.45, 2.75) is 25.1 Å². The van der Waals surface area contributed by atoms with Crippen molar-refractivity contribution in [2.24, 2.45) is 5.73 Å². The van der Waals surface area contributed by atoms with Gasteiger partial charge in [0.05, 0.1) is 10.6 Å². The van der Waals surface area contributed by atoms with E-state index in [1.54, 1.807) is 12.1 Å². The van der Waals surface area contributed by atoms with Crippen LogP contribution in [0.1, 0.15) is 18.4 Å². The zero-order valence-electron chi connectivity index (χ0n) is 14.6. The minimum atomic E-state index is -4.47. The van der Waals surface area contributed by atoms with E-state index in [0.29, 0.717) is 24.3 Å². The number of halogens is 4. The zero-order chi connectivity index (χ0) is 19.6. The highest BCUT2D eigenvalue weighted by Gasteiger charge is 2.31. The van der Waals surface area contributed by atoms with Crippen LogP contribution in [-0.4, -0.2) is 43.1 Å². The number of para-hydroxylation sites is 1. The summed E-state index contributed by atoms with van der Waals surface area (Å²) in [7, 11) is 0. The van der Waals surface area contributed by atoms with Gasteiger partial charge in [-0.25, -0.2) is 0 Å². The van der Waals surface area contributed by atoms with Crippen LogP contribution in [0, 0.1) is 0 Å². The van der Waals surface area contributed by atoms with E-state index < -0.39 is 23.9 Å². The lowest BCUT2D eigenvalue weighted by atomic mass is 10.0. The third kappa shape index (κ3) is 5.55. The molecule has 2 heterocycles. The molecule has 0 aromatic heterocycles. The van der Waals surface area contributed by atoms with Gasteiger partial charge in [-0.15, -0.1) is 12.4 Å². The second-order valence-electron chi connectivity index (χ2n) is 6.30. The van der Waals surface area contributed by atoms with Gasteiger partial charge >= 0.3 is 6.18 Å². The van der Waals surface area contributed by atoms with E-state index in [1.807, 2.05) is 4.90 Å². The minimum Gasteiger partial charge on any atom is -0.482 e. The topological polar surface area (TPSA) is 84.7 Å². The number of hydrogen-bond donors (Lipinski definition) is 2. The van der Waals surface area contributed by atoms with Crippen molar-refractivity contribution in [1.29, 1.82) is 0 Å². The molecule has 1 aromatic carbocycles. The Morgan fingerprint density at radius 1 is 1.36 bits per heavy atom. The molecule has 1 unspecified atom stereocenters. The van der Waals surface area contributed by atoms with E-state index in [9.17, 15) is 22.8 Å². The maximum absolute atomic E-state index is 12.6. The molecule has 3 N–H and O–H groups in total. The maximum Gasteiger partial charge on any atom is 0.422 e. The summed E-state index contributed by atoms with van der Waals surface area (Å²) < 4.78 is 42.9. The Labute approximate surface area is 170 Å². The van der Waals surface area contributed by atoms with Gasteiger partial charge in [0.25, 0.3) is 11.1 Å². The molecule has 2 amide bonds. The number of ether oxygens (including phenoxy) is 1. The molecule has 3 rings (SSSR count). The van der Waals surface area contributed by atoms with Crippen molar-refractivity contribution in [1.82, 2.24) is 5.32 Å². The van der Waals surface area contributed by atoms with Crippen LogP contribution < -0.4 is 20.7 Å². The molecule has 1 atom stereocenters. The quantitative estimate of drug-likeness (QED) is 0.703. The van der Waals surface area contributed by atoms with Crippen molar-refractivity contribution >= 4 is 47.1 Å². The molecule has 154 valence electrons. The number of nitrogens with two attached hydrogens (primary N) is 1. The van der Waals surface area contributed by atoms with Gasteiger partial charge in [0.1, 0.15) is 5.75 Å². The lowest BCUT2D eigenvalue weighted by molar-refractivity contribution is -0.153. The highest BCUT2D eigenvalue weighted by molar-refractivity contribution is 8.18. The number of alkyl halides is 3. The van der Waals surface area contributed by atoms with Gasteiger partial charge in [0.2, 0.25) is 0 Å². The lowest BCUT2D eigenvalue weighted by Crippen LogP contribution is -2.43. The fourth-order valence-electron chi connectivity index (χ4n) is 3.05. The van der Waals surface area contributed by atoms with E-state index in [0.717, 1.165) is 24.6 Å². The number of imide groups is 1. The molecule has 2 aliphatic heterocycles. The zero-order valence-corrected chi connectivity index (χ0v) is 16.3. The first-order valence-corrected chi connectivity index (χ1v) is 9.12. The van der Waals surface area contributed by atoms with Crippen molar-refractivity contribution < 1.29 is 27.5 Å². The summed E-state index contributed by atoms with van der Waals surface area (Å²) in [6.45, 7) is -0.358. The monoisotopic (exact) mass is 437 g/mol. The number of piperidine rings is 1. The molecule has 2 fully saturated rings. The number of rotatable bonds is 4. The highest BCUT2D eigenvalue weighted by Crippen LogP contribution is 2.38. The van der Waals surface area contributed by atoms with E-state index in [1.165, 1.54) is 12.1 Å². The number of carbonyl (C=O) groups is 2. The van der Waals surface area contributed by atoms with Crippen LogP contribution in [0.15, 0.2) is 23.1 Å². The molecule has 0 spiro atoms. The smallest absolute Gasteiger partial charge is 0.422 e. The van der Waals surface area contributed by atoms with Gasteiger partial charge in [-0.2, -0.15) is 13.2 Å². The summed E-state index contributed by atoms with van der Waals surface area (Å²) >= 11 is 0.745. The molecular formula is C17H19ClF3N3O3S. The summed E-state index contributed by atoms with van der Waals surface area (Å²) in [5.41, 5.74) is 6.96. The van der Waals surface area contributed by atoms with Gasteiger partial charge in [-0.05, 0) is 36.7 Å². The summed E-state index contributed by atoms with van der Waals surface area (Å²) in [4.78, 5) is 25.3. The number of benzene rings is 1. The summed E-state index contributed by atoms with van der Waals surface area (Å²) in [5, 5.41) is 1.67. The number of hydrogen-bond acceptors (Lipinski definition) is 6. The average Bonchev–Trinajstić information content (AvgIpc) is 2.89. The highest BCUT2D eigenvalue weighted by atomic mass is 35.5. The van der Waals surface area contributed by atoms with Crippen LogP contribution in [0.5, 0.6) is 5.75 Å². The number of thioether (sulfide) groups is 1. The van der Waals surface area contributed by atoms with Crippen LogP contribution >= 0.6 is 24.2 Å². The molecule has 28 heavy (non-hydrogen) atoms. The molecule has 2 aliphatic rings. The normalized spacial score (nSPS) is 21.5. The Morgan fingerprint density at radius 2 is 2.11 bits per heavy atom. The Morgan fingerprint density at radius 3 is 2.71 bits per heavy atom. The SMILES string of the molecule is Cl.NC1CCCN(c2c(/C=C3/SC(=O)NC3=O)cccc2OCC(F)(F)F)C1. The molecular weight excluding hydrogens is 419 g/mol. The van der Waals surface area contributed by atoms with E-state index >= 15 is 0 Å². The molecule has 6 nitrogen and oxygen atoms in total. The lowest BCUT2D eigenvalue weighted by Gasteiger charge is -2.34. The third-order valence-electron chi connectivity index (χ3n) is 4.12. The molecule has 11 heteroatoms. The fraction of sp³-hybridized carbons (Fsp3) is 0.412. The van der Waals surface area contributed by atoms with E-state index in [4.69, 9.17) is 10.5 Å². The molecule has 1 aromatic rings. The molecule has 0 saturated carbocycles. The number of carbonyl (C=O) groups excluding carboxylic acids is 2. The molecule has 0 aliphatic carbocycles. The molecule has 0 radical (unpaired) electrons. The first-order valence-electron chi connectivity index (χ1n) is 8.31. The molecule has 2 saturated heterocycles. The summed E-state index contributed by atoms with van der Waals surface area (Å²) in [6.07, 6.45) is -1.37. The van der Waals surface area contributed by atoms with Crippen LogP contribution in [0.2, 0.25) is 0 Å². The number of amides is 2. The van der Waals surface area contributed by atoms with Gasteiger partial charge in [0, 0.05) is 24.7 Å². The van der Waals surface area contributed by atoms with Crippen molar-refractivity contribution in [3.05, 3.63) is 28.7 Å². The van der Waals surface area contributed by atoms with E-state index in [2.05, 4.69) is 5.32 Å². The van der Waals surface area contributed by atoms with Crippen molar-refractivity contribution in [2.75, 3.05) is 24.6 Å². The van der Waals surface area contributed by atoms with Gasteiger partial charge in [0.15, 0.2) is 6.61 Å². The predicted octanol–water partition coefficient (Wildman–Crippen LogP) is 3.30. The summed E-state index contributed by atoms with van der Waals surface area (Å²) in [6, 6.07) is 4.56. The summed E-state index contributed by atoms with van der Waals surface area (Å²) in [5.74, 6) is -0.474. The van der Waals surface area contributed by atoms with Crippen LogP contribution in [0.25, 0.3) is 6.08 Å². The average molecular weight is 438 g/mol. The van der Waals surface area contributed by atoms with Crippen LogP contribution in [0.4, 0.5) is 23.7 Å². The Balaban J connectivity index is 0.00000280. The van der Waals surface area contributed by atoms with Gasteiger partial charge < -0.3 is 15.4 Å². The first-order chi connectivity index (χ1) is 12.7. The Bertz CT molecular complexity index is 789. The van der Waals surface area contributed by atoms with Crippen molar-refractivity contribution in [3.8, 4) is 5.75 Å². The number of nitrogens with zero attached hydrogens (tertiary/aromatic N) is 1. The fourth-order valence-corrected chi connectivity index (χ4v) is 3.72. The second kappa shape index (κ2) is 9.06. The van der Waals surface area contributed by atoms with Gasteiger partial charge in [-0.3, -0.25) is 14.9 Å². The first kappa shape index (κ1) is 22.4. The minimum absolute atomic E-state index is 0. The molecule has 0 bridgehead atoms. The van der Waals surface area contributed by atoms with Crippen molar-refractivity contribution in [3.63, 3.8) is 0 Å². The third-order valence-corrected chi connectivity index (χ3v) is 4.93. The van der Waals surface area contributed by atoms with Gasteiger partial charge in [-0.1, -0.05) is 12.1 Å². The Kier molecular flexibility index (Phi) is 7.24. The van der Waals surface area contributed by atoms with Crippen LogP contribution in [-0.2, 0) is 4.79 Å². The standard InChI is InChI=1S/C17H18F3N3O3S.ClH/c18-17(19,20)9-26-12-5-1-3-10(7-13-15(24)22-16(25)27-13)14(12)23-6-2-4-11(21)8-23;/h1,3,5,7,11H,2,4,6,8-9,21H2,(H,22,24,25);1H/b13-7+;. The number of anilines is 1.